The number of amides is 1. The number of benzene rings is 2. The largest absolute Gasteiger partial charge is 0.453 e. The predicted octanol–water partition coefficient (Wildman–Crippen LogP) is 1.22. The highest BCUT2D eigenvalue weighted by atomic mass is 16.6. The van der Waals surface area contributed by atoms with Crippen LogP contribution in [0.2, 0.25) is 0 Å². The Bertz CT molecular complexity index is 695. The molecule has 2 aromatic rings. The molecular formula is C19H17NO4. The fraction of sp³-hybridized carbons (Fsp3) is 0.158. The van der Waals surface area contributed by atoms with Crippen molar-refractivity contribution in [3.8, 4) is 12.3 Å². The van der Waals surface area contributed by atoms with Gasteiger partial charge in [0.1, 0.15) is 0 Å². The Morgan fingerprint density at radius 2 is 1.54 bits per heavy atom. The first-order chi connectivity index (χ1) is 11.6. The Balaban J connectivity index is 2.26. The summed E-state index contributed by atoms with van der Waals surface area (Å²) in [6.45, 7) is -0.486. The quantitative estimate of drug-likeness (QED) is 0.619. The molecule has 0 radical (unpaired) electrons. The van der Waals surface area contributed by atoms with Gasteiger partial charge in [0.15, 0.2) is 6.61 Å². The van der Waals surface area contributed by atoms with E-state index in [0.29, 0.717) is 11.1 Å². The second-order valence-corrected chi connectivity index (χ2v) is 5.00. The highest BCUT2D eigenvalue weighted by molar-refractivity contribution is 5.88. The molecule has 122 valence electrons. The minimum absolute atomic E-state index is 0.0397. The van der Waals surface area contributed by atoms with E-state index in [1.54, 1.807) is 60.7 Å². The van der Waals surface area contributed by atoms with E-state index in [9.17, 15) is 14.7 Å². The SMILES string of the molecule is C#CCNC(=O)COC(=O)C(O)(c1ccccc1)c1ccccc1. The molecule has 0 atom stereocenters. The molecule has 0 bridgehead atoms. The molecule has 0 aliphatic rings. The van der Waals surface area contributed by atoms with Crippen molar-refractivity contribution in [3.63, 3.8) is 0 Å². The summed E-state index contributed by atoms with van der Waals surface area (Å²) in [5.74, 6) is 0.775. The van der Waals surface area contributed by atoms with Gasteiger partial charge < -0.3 is 15.2 Å². The average molecular weight is 323 g/mol. The minimum Gasteiger partial charge on any atom is -0.453 e. The molecule has 0 saturated carbocycles. The monoisotopic (exact) mass is 323 g/mol. The van der Waals surface area contributed by atoms with Gasteiger partial charge in [-0.05, 0) is 11.1 Å². The van der Waals surface area contributed by atoms with Crippen LogP contribution in [0.15, 0.2) is 60.7 Å². The average Bonchev–Trinajstić information content (AvgIpc) is 2.65. The van der Waals surface area contributed by atoms with E-state index in [4.69, 9.17) is 11.2 Å². The molecule has 0 saturated heterocycles. The van der Waals surface area contributed by atoms with Crippen LogP contribution in [0.1, 0.15) is 11.1 Å². The molecule has 5 nitrogen and oxygen atoms in total. The van der Waals surface area contributed by atoms with Crippen molar-refractivity contribution in [2.75, 3.05) is 13.2 Å². The van der Waals surface area contributed by atoms with Gasteiger partial charge in [0.05, 0.1) is 6.54 Å². The lowest BCUT2D eigenvalue weighted by Gasteiger charge is -2.26. The van der Waals surface area contributed by atoms with E-state index in [0.717, 1.165) is 0 Å². The maximum absolute atomic E-state index is 12.6. The van der Waals surface area contributed by atoms with Crippen molar-refractivity contribution >= 4 is 11.9 Å². The van der Waals surface area contributed by atoms with Gasteiger partial charge in [0.25, 0.3) is 5.91 Å². The van der Waals surface area contributed by atoms with Crippen LogP contribution >= 0.6 is 0 Å². The van der Waals surface area contributed by atoms with E-state index in [1.165, 1.54) is 0 Å². The van der Waals surface area contributed by atoms with Crippen LogP contribution in [-0.4, -0.2) is 30.1 Å². The fourth-order valence-electron chi connectivity index (χ4n) is 2.20. The molecule has 0 aromatic heterocycles. The molecule has 2 rings (SSSR count). The molecule has 0 heterocycles. The summed E-state index contributed by atoms with van der Waals surface area (Å²) in [5, 5.41) is 13.5. The normalized spacial score (nSPS) is 10.5. The lowest BCUT2D eigenvalue weighted by molar-refractivity contribution is -0.164. The van der Waals surface area contributed by atoms with Gasteiger partial charge in [-0.15, -0.1) is 6.42 Å². The number of rotatable bonds is 6. The number of nitrogens with one attached hydrogen (secondary N) is 1. The first-order valence-electron chi connectivity index (χ1n) is 7.30. The van der Waals surface area contributed by atoms with Crippen molar-refractivity contribution < 1.29 is 19.4 Å². The molecule has 24 heavy (non-hydrogen) atoms. The van der Waals surface area contributed by atoms with Gasteiger partial charge in [-0.25, -0.2) is 4.79 Å². The smallest absolute Gasteiger partial charge is 0.348 e. The lowest BCUT2D eigenvalue weighted by Crippen LogP contribution is -2.40. The number of hydrogen-bond acceptors (Lipinski definition) is 4. The van der Waals surface area contributed by atoms with E-state index >= 15 is 0 Å². The molecule has 1 amide bonds. The highest BCUT2D eigenvalue weighted by Gasteiger charge is 2.41. The summed E-state index contributed by atoms with van der Waals surface area (Å²) in [5.41, 5.74) is -1.30. The molecular weight excluding hydrogens is 306 g/mol. The van der Waals surface area contributed by atoms with Gasteiger partial charge >= 0.3 is 5.97 Å². The van der Waals surface area contributed by atoms with E-state index in [-0.39, 0.29) is 6.54 Å². The van der Waals surface area contributed by atoms with Crippen molar-refractivity contribution in [2.24, 2.45) is 0 Å². The molecule has 0 fully saturated rings. The molecule has 0 aliphatic carbocycles. The van der Waals surface area contributed by atoms with Crippen LogP contribution in [0.5, 0.6) is 0 Å². The van der Waals surface area contributed by atoms with Crippen LogP contribution in [0.4, 0.5) is 0 Å². The summed E-state index contributed by atoms with van der Waals surface area (Å²) in [6, 6.07) is 16.8. The predicted molar refractivity (Wildman–Crippen MR) is 88.7 cm³/mol. The van der Waals surface area contributed by atoms with Gasteiger partial charge in [0.2, 0.25) is 5.60 Å². The molecule has 5 heteroatoms. The highest BCUT2D eigenvalue weighted by Crippen LogP contribution is 2.30. The third-order valence-electron chi connectivity index (χ3n) is 3.40. The Labute approximate surface area is 140 Å². The van der Waals surface area contributed by atoms with Gasteiger partial charge in [-0.1, -0.05) is 66.6 Å². The summed E-state index contributed by atoms with van der Waals surface area (Å²) >= 11 is 0. The van der Waals surface area contributed by atoms with Gasteiger partial charge in [-0.2, -0.15) is 0 Å². The summed E-state index contributed by atoms with van der Waals surface area (Å²) in [6.07, 6.45) is 5.04. The number of aliphatic hydroxyl groups is 1. The first kappa shape index (κ1) is 17.3. The third kappa shape index (κ3) is 3.80. The molecule has 2 N–H and O–H groups in total. The van der Waals surface area contributed by atoms with Crippen molar-refractivity contribution in [1.29, 1.82) is 0 Å². The summed E-state index contributed by atoms with van der Waals surface area (Å²) in [4.78, 5) is 24.1. The minimum atomic E-state index is -2.01. The molecule has 0 unspecified atom stereocenters. The zero-order valence-corrected chi connectivity index (χ0v) is 12.9. The molecule has 2 aromatic carbocycles. The van der Waals surface area contributed by atoms with Crippen molar-refractivity contribution in [2.45, 2.75) is 5.60 Å². The number of carbonyl (C=O) groups is 2. The third-order valence-corrected chi connectivity index (χ3v) is 3.40. The van der Waals surface area contributed by atoms with E-state index in [1.807, 2.05) is 0 Å². The first-order valence-corrected chi connectivity index (χ1v) is 7.30. The Morgan fingerprint density at radius 1 is 1.04 bits per heavy atom. The number of terminal acetylenes is 1. The van der Waals surface area contributed by atoms with Crippen molar-refractivity contribution in [1.82, 2.24) is 5.32 Å². The van der Waals surface area contributed by atoms with Crippen LogP contribution in [-0.2, 0) is 19.9 Å². The lowest BCUT2D eigenvalue weighted by atomic mass is 9.86. The Hall–Kier alpha value is -3.10. The molecule has 0 spiro atoms. The Morgan fingerprint density at radius 3 is 2.00 bits per heavy atom. The second-order valence-electron chi connectivity index (χ2n) is 5.00. The van der Waals surface area contributed by atoms with E-state index < -0.39 is 24.1 Å². The van der Waals surface area contributed by atoms with Crippen LogP contribution < -0.4 is 5.32 Å². The topological polar surface area (TPSA) is 75.6 Å². The fourth-order valence-corrected chi connectivity index (χ4v) is 2.20. The maximum Gasteiger partial charge on any atom is 0.348 e. The number of hydrogen-bond donors (Lipinski definition) is 2. The number of esters is 1. The van der Waals surface area contributed by atoms with Crippen LogP contribution in [0.3, 0.4) is 0 Å². The van der Waals surface area contributed by atoms with Crippen LogP contribution in [0.25, 0.3) is 0 Å². The van der Waals surface area contributed by atoms with Crippen molar-refractivity contribution in [3.05, 3.63) is 71.8 Å². The van der Waals surface area contributed by atoms with E-state index in [2.05, 4.69) is 11.2 Å². The van der Waals surface area contributed by atoms with Crippen LogP contribution in [0, 0.1) is 12.3 Å². The van der Waals surface area contributed by atoms with Gasteiger partial charge in [-0.3, -0.25) is 4.79 Å². The standard InChI is InChI=1S/C19H17NO4/c1-2-13-20-17(21)14-24-18(22)19(23,15-9-5-3-6-10-15)16-11-7-4-8-12-16/h1,3-12,23H,13-14H2,(H,20,21). The zero-order chi connectivity index (χ0) is 17.4. The summed E-state index contributed by atoms with van der Waals surface area (Å²) in [7, 11) is 0. The van der Waals surface area contributed by atoms with Gasteiger partial charge in [0, 0.05) is 0 Å². The zero-order valence-electron chi connectivity index (χ0n) is 12.9. The maximum atomic E-state index is 12.6. The Kier molecular flexibility index (Phi) is 5.72. The molecule has 0 aliphatic heterocycles. The number of carbonyl (C=O) groups excluding carboxylic acids is 2. The summed E-state index contributed by atoms with van der Waals surface area (Å²) < 4.78 is 5.01. The second kappa shape index (κ2) is 7.95. The number of ether oxygens (including phenoxy) is 1.